The fourth-order valence-corrected chi connectivity index (χ4v) is 6.49. The number of fused-ring (bicyclic) bond motifs is 3. The molecule has 5 rings (SSSR count). The predicted molar refractivity (Wildman–Crippen MR) is 139 cm³/mol. The van der Waals surface area contributed by atoms with E-state index in [1.54, 1.807) is 35.1 Å². The lowest BCUT2D eigenvalue weighted by molar-refractivity contribution is -0.115. The molecule has 2 aromatic heterocycles. The summed E-state index contributed by atoms with van der Waals surface area (Å²) in [5.74, 6) is 0.409. The average molecular weight is 492 g/mol. The third-order valence-corrected chi connectivity index (χ3v) is 8.23. The first-order valence-corrected chi connectivity index (χ1v) is 13.0. The highest BCUT2D eigenvalue weighted by molar-refractivity contribution is 8.00. The van der Waals surface area contributed by atoms with Gasteiger partial charge in [-0.25, -0.2) is 4.98 Å². The number of nitrogens with one attached hydrogen (secondary N) is 1. The minimum Gasteiger partial charge on any atom is -0.495 e. The first kappa shape index (κ1) is 22.7. The molecule has 1 aliphatic rings. The molecule has 2 aromatic carbocycles. The van der Waals surface area contributed by atoms with Crippen molar-refractivity contribution in [2.24, 2.45) is 0 Å². The number of hydrogen-bond acceptors (Lipinski definition) is 6. The molecule has 8 heteroatoms. The number of amides is 1. The van der Waals surface area contributed by atoms with Crippen LogP contribution in [0.25, 0.3) is 15.9 Å². The second kappa shape index (κ2) is 9.64. The number of ether oxygens (including phenoxy) is 1. The van der Waals surface area contributed by atoms with E-state index >= 15 is 0 Å². The number of thioether (sulfide) groups is 1. The van der Waals surface area contributed by atoms with Crippen LogP contribution in [0.1, 0.15) is 30.2 Å². The maximum absolute atomic E-state index is 13.8. The monoisotopic (exact) mass is 491 g/mol. The molecule has 1 unspecified atom stereocenters. The van der Waals surface area contributed by atoms with Gasteiger partial charge in [0.25, 0.3) is 5.56 Å². The van der Waals surface area contributed by atoms with Gasteiger partial charge in [-0.1, -0.05) is 42.1 Å². The summed E-state index contributed by atoms with van der Waals surface area (Å²) in [6.45, 7) is 1.82. The van der Waals surface area contributed by atoms with E-state index in [1.807, 2.05) is 49.4 Å². The van der Waals surface area contributed by atoms with Crippen LogP contribution in [0, 0.1) is 0 Å². The highest BCUT2D eigenvalue weighted by atomic mass is 32.2. The Balaban J connectivity index is 1.54. The van der Waals surface area contributed by atoms with E-state index in [0.717, 1.165) is 47.2 Å². The molecule has 1 amide bonds. The lowest BCUT2D eigenvalue weighted by atomic mass is 9.97. The average Bonchev–Trinajstić information content (AvgIpc) is 3.23. The molecule has 174 valence electrons. The molecule has 0 radical (unpaired) electrons. The van der Waals surface area contributed by atoms with Crippen LogP contribution >= 0.6 is 23.1 Å². The maximum Gasteiger partial charge on any atom is 0.267 e. The Kier molecular flexibility index (Phi) is 6.43. The quantitative estimate of drug-likeness (QED) is 0.287. The number of aromatic nitrogens is 2. The Morgan fingerprint density at radius 3 is 2.65 bits per heavy atom. The van der Waals surface area contributed by atoms with Gasteiger partial charge in [0, 0.05) is 4.88 Å². The summed E-state index contributed by atoms with van der Waals surface area (Å²) in [7, 11) is 1.57. The van der Waals surface area contributed by atoms with Crippen molar-refractivity contribution in [1.29, 1.82) is 0 Å². The third kappa shape index (κ3) is 4.23. The minimum atomic E-state index is -0.487. The number of aryl methyl sites for hydroxylation is 2. The van der Waals surface area contributed by atoms with Crippen molar-refractivity contribution < 1.29 is 9.53 Å². The number of thiophene rings is 1. The van der Waals surface area contributed by atoms with Crippen LogP contribution in [-0.4, -0.2) is 27.8 Å². The van der Waals surface area contributed by atoms with Crippen molar-refractivity contribution in [1.82, 2.24) is 9.55 Å². The zero-order chi connectivity index (χ0) is 23.7. The van der Waals surface area contributed by atoms with Crippen LogP contribution in [0.5, 0.6) is 5.75 Å². The second-order valence-corrected chi connectivity index (χ2v) is 10.6. The Morgan fingerprint density at radius 1 is 1.12 bits per heavy atom. The molecule has 0 spiro atoms. The van der Waals surface area contributed by atoms with E-state index in [4.69, 9.17) is 9.72 Å². The van der Waals surface area contributed by atoms with E-state index in [-0.39, 0.29) is 11.5 Å². The van der Waals surface area contributed by atoms with Gasteiger partial charge in [-0.15, -0.1) is 11.3 Å². The number of benzene rings is 2. The molecule has 34 heavy (non-hydrogen) atoms. The van der Waals surface area contributed by atoms with Crippen LogP contribution < -0.4 is 15.6 Å². The van der Waals surface area contributed by atoms with Crippen molar-refractivity contribution >= 4 is 44.9 Å². The first-order chi connectivity index (χ1) is 16.6. The summed E-state index contributed by atoms with van der Waals surface area (Å²) in [5, 5.41) is 3.70. The number of carbonyl (C=O) groups is 1. The van der Waals surface area contributed by atoms with Crippen LogP contribution in [-0.2, 0) is 17.6 Å². The summed E-state index contributed by atoms with van der Waals surface area (Å²) in [6.07, 6.45) is 4.17. The van der Waals surface area contributed by atoms with E-state index in [0.29, 0.717) is 16.6 Å². The summed E-state index contributed by atoms with van der Waals surface area (Å²) < 4.78 is 7.00. The van der Waals surface area contributed by atoms with Gasteiger partial charge in [-0.05, 0) is 62.4 Å². The summed E-state index contributed by atoms with van der Waals surface area (Å²) in [5.41, 5.74) is 2.46. The SMILES string of the molecule is COc1ccccc1NC(=O)C(C)Sc1nc2sc3c(c2c(=O)n1-c1ccccc1)CCCC3. The molecule has 1 aliphatic carbocycles. The lowest BCUT2D eigenvalue weighted by Gasteiger charge is -2.17. The van der Waals surface area contributed by atoms with Crippen molar-refractivity contribution in [3.8, 4) is 11.4 Å². The standard InChI is InChI=1S/C26H25N3O3S2/c1-16(23(30)27-19-13-7-8-14-20(19)32-2)33-26-28-24-22(18-12-6-9-15-21(18)34-24)25(31)29(26)17-10-4-3-5-11-17/h3-5,7-8,10-11,13-14,16H,6,9,12,15H2,1-2H3,(H,27,30). The van der Waals surface area contributed by atoms with Crippen molar-refractivity contribution in [3.05, 3.63) is 75.4 Å². The molecule has 0 saturated carbocycles. The van der Waals surface area contributed by atoms with E-state index in [9.17, 15) is 9.59 Å². The minimum absolute atomic E-state index is 0.0598. The van der Waals surface area contributed by atoms with Crippen molar-refractivity contribution in [2.75, 3.05) is 12.4 Å². The van der Waals surface area contributed by atoms with Gasteiger partial charge in [0.2, 0.25) is 5.91 Å². The molecule has 4 aromatic rings. The van der Waals surface area contributed by atoms with Crippen LogP contribution in [0.4, 0.5) is 5.69 Å². The molecular weight excluding hydrogens is 466 g/mol. The van der Waals surface area contributed by atoms with Crippen LogP contribution in [0.2, 0.25) is 0 Å². The van der Waals surface area contributed by atoms with Gasteiger partial charge >= 0.3 is 0 Å². The van der Waals surface area contributed by atoms with Gasteiger partial charge in [0.05, 0.1) is 29.1 Å². The Morgan fingerprint density at radius 2 is 1.85 bits per heavy atom. The van der Waals surface area contributed by atoms with Gasteiger partial charge in [-0.3, -0.25) is 14.2 Å². The first-order valence-electron chi connectivity index (χ1n) is 11.3. The molecule has 1 N–H and O–H groups in total. The molecule has 0 saturated heterocycles. The van der Waals surface area contributed by atoms with E-state index in [2.05, 4.69) is 5.32 Å². The Bertz CT molecular complexity index is 1410. The van der Waals surface area contributed by atoms with Gasteiger partial charge in [-0.2, -0.15) is 0 Å². The molecular formula is C26H25N3O3S2. The number of hydrogen-bond donors (Lipinski definition) is 1. The predicted octanol–water partition coefficient (Wildman–Crippen LogP) is 5.45. The number of para-hydroxylation sites is 3. The van der Waals surface area contributed by atoms with Crippen molar-refractivity contribution in [3.63, 3.8) is 0 Å². The number of nitrogens with zero attached hydrogens (tertiary/aromatic N) is 2. The zero-order valence-corrected chi connectivity index (χ0v) is 20.7. The number of anilines is 1. The number of rotatable bonds is 6. The van der Waals surface area contributed by atoms with Gasteiger partial charge in [0.1, 0.15) is 10.6 Å². The maximum atomic E-state index is 13.8. The molecule has 0 aliphatic heterocycles. The fourth-order valence-electron chi connectivity index (χ4n) is 4.26. The Labute approximate surface area is 206 Å². The van der Waals surface area contributed by atoms with E-state index < -0.39 is 5.25 Å². The number of methoxy groups -OCH3 is 1. The second-order valence-electron chi connectivity index (χ2n) is 8.21. The van der Waals surface area contributed by atoms with Gasteiger partial charge < -0.3 is 10.1 Å². The van der Waals surface area contributed by atoms with Crippen LogP contribution in [0.3, 0.4) is 0 Å². The molecule has 1 atom stereocenters. The highest BCUT2D eigenvalue weighted by Crippen LogP contribution is 2.36. The fraction of sp³-hybridized carbons (Fsp3) is 0.269. The smallest absolute Gasteiger partial charge is 0.267 e. The molecule has 2 heterocycles. The largest absolute Gasteiger partial charge is 0.495 e. The number of carbonyl (C=O) groups excluding carboxylic acids is 1. The highest BCUT2D eigenvalue weighted by Gasteiger charge is 2.25. The summed E-state index contributed by atoms with van der Waals surface area (Å²) in [6, 6.07) is 16.8. The summed E-state index contributed by atoms with van der Waals surface area (Å²) >= 11 is 2.91. The third-order valence-electron chi connectivity index (χ3n) is 5.99. The molecule has 6 nitrogen and oxygen atoms in total. The Hall–Kier alpha value is -3.10. The lowest BCUT2D eigenvalue weighted by Crippen LogP contribution is -2.26. The zero-order valence-electron chi connectivity index (χ0n) is 19.0. The van der Waals surface area contributed by atoms with Crippen molar-refractivity contribution in [2.45, 2.75) is 43.0 Å². The van der Waals surface area contributed by atoms with Crippen LogP contribution in [0.15, 0.2) is 64.5 Å². The normalized spacial score (nSPS) is 13.9. The van der Waals surface area contributed by atoms with E-state index in [1.165, 1.54) is 16.6 Å². The van der Waals surface area contributed by atoms with Gasteiger partial charge in [0.15, 0.2) is 5.16 Å². The topological polar surface area (TPSA) is 73.2 Å². The molecule has 0 bridgehead atoms. The summed E-state index contributed by atoms with van der Waals surface area (Å²) in [4.78, 5) is 33.8. The molecule has 0 fully saturated rings.